The summed E-state index contributed by atoms with van der Waals surface area (Å²) in [6.45, 7) is 3.35. The Kier molecular flexibility index (Phi) is 4.83. The third kappa shape index (κ3) is 3.80. The number of carbonyl (C=O) groups excluding carboxylic acids is 1. The molecule has 0 saturated heterocycles. The van der Waals surface area contributed by atoms with Crippen LogP contribution >= 0.6 is 0 Å². The summed E-state index contributed by atoms with van der Waals surface area (Å²) in [5.74, 6) is -0.132. The molecule has 4 N–H and O–H groups in total. The smallest absolute Gasteiger partial charge is 0.217 e. The summed E-state index contributed by atoms with van der Waals surface area (Å²) in [4.78, 5) is 10.6. The van der Waals surface area contributed by atoms with E-state index in [0.29, 0.717) is 6.42 Å². The minimum Gasteiger partial charge on any atom is -0.409 e. The van der Waals surface area contributed by atoms with E-state index in [1.54, 1.807) is 0 Å². The van der Waals surface area contributed by atoms with Gasteiger partial charge in [0.1, 0.15) is 0 Å². The summed E-state index contributed by atoms with van der Waals surface area (Å²) in [5, 5.41) is 13.8. The average Bonchev–Trinajstić information content (AvgIpc) is 2.01. The second-order valence-electron chi connectivity index (χ2n) is 2.57. The van der Waals surface area contributed by atoms with Crippen molar-refractivity contribution in [3.63, 3.8) is 0 Å². The van der Waals surface area contributed by atoms with Crippen LogP contribution in [0.5, 0.6) is 0 Å². The van der Waals surface area contributed by atoms with E-state index in [-0.39, 0.29) is 17.8 Å². The molecule has 5 heteroatoms. The van der Waals surface area contributed by atoms with Gasteiger partial charge in [0.25, 0.3) is 0 Å². The number of amidine groups is 1. The van der Waals surface area contributed by atoms with Crippen molar-refractivity contribution in [1.29, 1.82) is 0 Å². The first-order valence-corrected chi connectivity index (χ1v) is 3.86. The lowest BCUT2D eigenvalue weighted by atomic mass is 10.1. The van der Waals surface area contributed by atoms with Crippen LogP contribution in [0.1, 0.15) is 26.7 Å². The molecule has 0 fully saturated rings. The van der Waals surface area contributed by atoms with Gasteiger partial charge in [0.05, 0.1) is 6.04 Å². The van der Waals surface area contributed by atoms with Crippen molar-refractivity contribution in [2.45, 2.75) is 32.7 Å². The van der Waals surface area contributed by atoms with Crippen LogP contribution in [0.15, 0.2) is 5.16 Å². The zero-order valence-electron chi connectivity index (χ0n) is 7.37. The van der Waals surface area contributed by atoms with E-state index in [9.17, 15) is 4.79 Å². The molecule has 0 heterocycles. The Morgan fingerprint density at radius 3 is 2.67 bits per heavy atom. The van der Waals surface area contributed by atoms with Crippen LogP contribution in [0.25, 0.3) is 0 Å². The largest absolute Gasteiger partial charge is 0.409 e. The Hall–Kier alpha value is -1.26. The lowest BCUT2D eigenvalue weighted by Gasteiger charge is -2.14. The van der Waals surface area contributed by atoms with E-state index in [1.807, 2.05) is 6.92 Å². The topological polar surface area (TPSA) is 87.7 Å². The second kappa shape index (κ2) is 5.40. The van der Waals surface area contributed by atoms with Gasteiger partial charge < -0.3 is 16.3 Å². The number of nitrogens with one attached hydrogen (secondary N) is 1. The zero-order valence-corrected chi connectivity index (χ0v) is 7.37. The fourth-order valence-electron chi connectivity index (χ4n) is 0.898. The van der Waals surface area contributed by atoms with Crippen molar-refractivity contribution in [3.05, 3.63) is 0 Å². The number of oxime groups is 1. The number of hydrogen-bond donors (Lipinski definition) is 3. The van der Waals surface area contributed by atoms with Crippen LogP contribution in [0.4, 0.5) is 0 Å². The lowest BCUT2D eigenvalue weighted by molar-refractivity contribution is -0.119. The van der Waals surface area contributed by atoms with Crippen molar-refractivity contribution < 1.29 is 10.0 Å². The highest BCUT2D eigenvalue weighted by atomic mass is 16.4. The number of rotatable bonds is 4. The molecule has 0 aliphatic carbocycles. The first kappa shape index (κ1) is 10.7. The summed E-state index contributed by atoms with van der Waals surface area (Å²) >= 11 is 0. The van der Waals surface area contributed by atoms with E-state index in [0.717, 1.165) is 6.42 Å². The molecule has 0 aromatic carbocycles. The van der Waals surface area contributed by atoms with Crippen LogP contribution < -0.4 is 11.1 Å². The first-order valence-electron chi connectivity index (χ1n) is 3.86. The number of amides is 1. The molecule has 0 aliphatic rings. The first-order chi connectivity index (χ1) is 5.61. The molecule has 0 radical (unpaired) electrons. The lowest BCUT2D eigenvalue weighted by Crippen LogP contribution is -2.43. The third-order valence-electron chi connectivity index (χ3n) is 1.43. The van der Waals surface area contributed by atoms with E-state index >= 15 is 0 Å². The number of hydrogen-bond acceptors (Lipinski definition) is 3. The van der Waals surface area contributed by atoms with Gasteiger partial charge in [0, 0.05) is 6.92 Å². The molecule has 0 bridgehead atoms. The predicted octanol–water partition coefficient (Wildman–Crippen LogP) is 0.0376. The van der Waals surface area contributed by atoms with Gasteiger partial charge in [-0.15, -0.1) is 0 Å². The van der Waals surface area contributed by atoms with Gasteiger partial charge in [0.2, 0.25) is 5.91 Å². The van der Waals surface area contributed by atoms with Crippen LogP contribution in [-0.2, 0) is 4.79 Å². The van der Waals surface area contributed by atoms with Gasteiger partial charge in [-0.05, 0) is 6.42 Å². The molecule has 0 saturated carbocycles. The van der Waals surface area contributed by atoms with Gasteiger partial charge in [-0.3, -0.25) is 4.79 Å². The van der Waals surface area contributed by atoms with Crippen LogP contribution in [0.2, 0.25) is 0 Å². The van der Waals surface area contributed by atoms with Crippen molar-refractivity contribution in [3.8, 4) is 0 Å². The normalized spacial score (nSPS) is 14.0. The van der Waals surface area contributed by atoms with Gasteiger partial charge >= 0.3 is 0 Å². The molecule has 12 heavy (non-hydrogen) atoms. The Bertz CT molecular complexity index is 179. The molecule has 0 spiro atoms. The van der Waals surface area contributed by atoms with Crippen molar-refractivity contribution in [2.24, 2.45) is 10.9 Å². The van der Waals surface area contributed by atoms with Gasteiger partial charge in [-0.2, -0.15) is 0 Å². The zero-order chi connectivity index (χ0) is 9.56. The van der Waals surface area contributed by atoms with E-state index in [4.69, 9.17) is 10.9 Å². The summed E-state index contributed by atoms with van der Waals surface area (Å²) < 4.78 is 0. The van der Waals surface area contributed by atoms with E-state index < -0.39 is 0 Å². The summed E-state index contributed by atoms with van der Waals surface area (Å²) in [7, 11) is 0. The van der Waals surface area contributed by atoms with Crippen LogP contribution in [0.3, 0.4) is 0 Å². The van der Waals surface area contributed by atoms with Gasteiger partial charge in [-0.1, -0.05) is 18.5 Å². The fourth-order valence-corrected chi connectivity index (χ4v) is 0.898. The highest BCUT2D eigenvalue weighted by molar-refractivity contribution is 5.89. The molecule has 1 amide bonds. The van der Waals surface area contributed by atoms with Gasteiger partial charge in [0.15, 0.2) is 5.84 Å². The van der Waals surface area contributed by atoms with Crippen LogP contribution in [-0.4, -0.2) is 23.0 Å². The summed E-state index contributed by atoms with van der Waals surface area (Å²) in [5.41, 5.74) is 5.34. The van der Waals surface area contributed by atoms with Crippen molar-refractivity contribution in [1.82, 2.24) is 5.32 Å². The minimum atomic E-state index is -0.350. The monoisotopic (exact) mass is 173 g/mol. The maximum Gasteiger partial charge on any atom is 0.217 e. The Balaban J connectivity index is 4.12. The molecule has 0 aliphatic heterocycles. The molecular formula is C7H15N3O2. The molecule has 0 aromatic rings. The number of carbonyl (C=O) groups is 1. The number of nitrogens with two attached hydrogens (primary N) is 1. The molecular weight excluding hydrogens is 158 g/mol. The third-order valence-corrected chi connectivity index (χ3v) is 1.43. The van der Waals surface area contributed by atoms with Crippen molar-refractivity contribution in [2.75, 3.05) is 0 Å². The minimum absolute atomic E-state index is 0.0482. The highest BCUT2D eigenvalue weighted by Gasteiger charge is 2.12. The standard InChI is InChI=1S/C7H15N3O2/c1-3-4-6(7(8)10-12)9-5(2)11/h6,12H,3-4H2,1-2H3,(H2,8,10)(H,9,11). The highest BCUT2D eigenvalue weighted by Crippen LogP contribution is 1.96. The Labute approximate surface area is 71.6 Å². The molecule has 1 atom stereocenters. The fraction of sp³-hybridized carbons (Fsp3) is 0.714. The number of nitrogens with zero attached hydrogens (tertiary/aromatic N) is 1. The Morgan fingerprint density at radius 2 is 2.33 bits per heavy atom. The molecule has 0 rings (SSSR count). The maximum atomic E-state index is 10.6. The summed E-state index contributed by atoms with van der Waals surface area (Å²) in [6.07, 6.45) is 1.54. The summed E-state index contributed by atoms with van der Waals surface area (Å²) in [6, 6.07) is -0.350. The van der Waals surface area contributed by atoms with E-state index in [1.165, 1.54) is 6.92 Å². The van der Waals surface area contributed by atoms with Gasteiger partial charge in [-0.25, -0.2) is 0 Å². The van der Waals surface area contributed by atoms with Crippen LogP contribution in [0, 0.1) is 0 Å². The SMILES string of the molecule is CCCC(NC(C)=O)/C(N)=N/O. The predicted molar refractivity (Wildman–Crippen MR) is 45.9 cm³/mol. The maximum absolute atomic E-state index is 10.6. The Morgan fingerprint density at radius 1 is 1.75 bits per heavy atom. The van der Waals surface area contributed by atoms with Crippen molar-refractivity contribution >= 4 is 11.7 Å². The molecule has 1 unspecified atom stereocenters. The second-order valence-corrected chi connectivity index (χ2v) is 2.57. The molecule has 5 nitrogen and oxygen atoms in total. The van der Waals surface area contributed by atoms with E-state index in [2.05, 4.69) is 10.5 Å². The molecule has 0 aromatic heterocycles. The average molecular weight is 173 g/mol. The quantitative estimate of drug-likeness (QED) is 0.243. The molecule has 70 valence electrons.